The lowest BCUT2D eigenvalue weighted by Gasteiger charge is -2.08. The summed E-state index contributed by atoms with van der Waals surface area (Å²) in [7, 11) is 0. The van der Waals surface area contributed by atoms with Crippen LogP contribution in [0.3, 0.4) is 0 Å². The molecule has 0 atom stereocenters. The van der Waals surface area contributed by atoms with Crippen molar-refractivity contribution in [2.24, 2.45) is 0 Å². The van der Waals surface area contributed by atoms with Gasteiger partial charge < -0.3 is 9.73 Å². The molecule has 4 rings (SSSR count). The van der Waals surface area contributed by atoms with Gasteiger partial charge in [-0.3, -0.25) is 4.79 Å². The molecule has 1 amide bonds. The highest BCUT2D eigenvalue weighted by atomic mass is 19.1. The highest BCUT2D eigenvalue weighted by molar-refractivity contribution is 6.02. The van der Waals surface area contributed by atoms with Gasteiger partial charge in [-0.05, 0) is 35.7 Å². The number of hydrogen-bond acceptors (Lipinski definition) is 3. The van der Waals surface area contributed by atoms with E-state index in [9.17, 15) is 9.18 Å². The van der Waals surface area contributed by atoms with Crippen LogP contribution >= 0.6 is 0 Å². The van der Waals surface area contributed by atoms with E-state index >= 15 is 0 Å². The van der Waals surface area contributed by atoms with Gasteiger partial charge in [-0.25, -0.2) is 9.37 Å². The van der Waals surface area contributed by atoms with Gasteiger partial charge in [-0.15, -0.1) is 0 Å². The zero-order chi connectivity index (χ0) is 18.6. The first kappa shape index (κ1) is 17.0. The van der Waals surface area contributed by atoms with Crippen LogP contribution in [0.15, 0.2) is 77.3 Å². The highest BCUT2D eigenvalue weighted by Gasteiger charge is 2.10. The average molecular weight is 360 g/mol. The number of aromatic nitrogens is 1. The van der Waals surface area contributed by atoms with Crippen LogP contribution in [-0.2, 0) is 11.2 Å². The van der Waals surface area contributed by atoms with Crippen molar-refractivity contribution >= 4 is 22.4 Å². The molecule has 0 spiro atoms. The van der Waals surface area contributed by atoms with Crippen molar-refractivity contribution in [2.75, 3.05) is 5.32 Å². The Kier molecular flexibility index (Phi) is 4.66. The second-order valence-corrected chi connectivity index (χ2v) is 6.20. The van der Waals surface area contributed by atoms with Gasteiger partial charge >= 0.3 is 0 Å². The van der Waals surface area contributed by atoms with Crippen molar-refractivity contribution in [3.8, 4) is 11.3 Å². The summed E-state index contributed by atoms with van der Waals surface area (Å²) < 4.78 is 18.7. The Hall–Kier alpha value is -3.47. The number of anilines is 1. The van der Waals surface area contributed by atoms with E-state index in [-0.39, 0.29) is 18.1 Å². The van der Waals surface area contributed by atoms with Gasteiger partial charge in [0.15, 0.2) is 11.7 Å². The highest BCUT2D eigenvalue weighted by Crippen LogP contribution is 2.24. The van der Waals surface area contributed by atoms with E-state index in [1.807, 2.05) is 42.5 Å². The van der Waals surface area contributed by atoms with E-state index in [0.717, 1.165) is 22.0 Å². The van der Waals surface area contributed by atoms with Crippen molar-refractivity contribution in [1.29, 1.82) is 0 Å². The van der Waals surface area contributed by atoms with Crippen LogP contribution < -0.4 is 5.32 Å². The molecule has 0 aliphatic carbocycles. The molecule has 0 saturated carbocycles. The third-order valence-corrected chi connectivity index (χ3v) is 4.31. The van der Waals surface area contributed by atoms with Crippen LogP contribution in [0.4, 0.5) is 10.1 Å². The SMILES string of the molecule is O=C(CCc1ncc(-c2ccc(F)cc2)o1)Nc1cccc2ccccc12. The minimum absolute atomic E-state index is 0.104. The number of carbonyl (C=O) groups excluding carboxylic acids is 1. The number of carbonyl (C=O) groups is 1. The van der Waals surface area contributed by atoms with E-state index in [4.69, 9.17) is 4.42 Å². The normalized spacial score (nSPS) is 10.9. The number of nitrogens with one attached hydrogen (secondary N) is 1. The molecule has 1 aromatic heterocycles. The van der Waals surface area contributed by atoms with Gasteiger partial charge in [-0.1, -0.05) is 36.4 Å². The second-order valence-electron chi connectivity index (χ2n) is 6.20. The van der Waals surface area contributed by atoms with Crippen molar-refractivity contribution in [1.82, 2.24) is 4.98 Å². The van der Waals surface area contributed by atoms with Crippen LogP contribution in [0, 0.1) is 5.82 Å². The molecule has 0 radical (unpaired) electrons. The Labute approximate surface area is 155 Å². The van der Waals surface area contributed by atoms with Crippen LogP contribution in [0.1, 0.15) is 12.3 Å². The van der Waals surface area contributed by atoms with Crippen molar-refractivity contribution in [2.45, 2.75) is 12.8 Å². The van der Waals surface area contributed by atoms with Gasteiger partial charge in [0.1, 0.15) is 5.82 Å². The van der Waals surface area contributed by atoms with Crippen LogP contribution in [0.25, 0.3) is 22.1 Å². The number of amides is 1. The van der Waals surface area contributed by atoms with E-state index in [2.05, 4.69) is 10.3 Å². The summed E-state index contributed by atoms with van der Waals surface area (Å²) in [5, 5.41) is 5.03. The minimum atomic E-state index is -0.302. The van der Waals surface area contributed by atoms with Crippen molar-refractivity contribution in [3.63, 3.8) is 0 Å². The van der Waals surface area contributed by atoms with E-state index in [1.165, 1.54) is 12.1 Å². The average Bonchev–Trinajstić information content (AvgIpc) is 3.16. The second kappa shape index (κ2) is 7.41. The summed E-state index contributed by atoms with van der Waals surface area (Å²) in [6.07, 6.45) is 2.23. The smallest absolute Gasteiger partial charge is 0.224 e. The standard InChI is InChI=1S/C22H17FN2O2/c23-17-10-8-16(9-11-17)20-14-24-22(27-20)13-12-21(26)25-19-7-3-5-15-4-1-2-6-18(15)19/h1-11,14H,12-13H2,(H,25,26). The molecule has 27 heavy (non-hydrogen) atoms. The first-order chi connectivity index (χ1) is 13.2. The molecule has 5 heteroatoms. The lowest BCUT2D eigenvalue weighted by molar-refractivity contribution is -0.116. The van der Waals surface area contributed by atoms with Crippen molar-refractivity contribution in [3.05, 3.63) is 84.6 Å². The fraction of sp³-hybridized carbons (Fsp3) is 0.0909. The monoisotopic (exact) mass is 360 g/mol. The number of aryl methyl sites for hydroxylation is 1. The quantitative estimate of drug-likeness (QED) is 0.532. The summed E-state index contributed by atoms with van der Waals surface area (Å²) in [4.78, 5) is 16.5. The zero-order valence-corrected chi connectivity index (χ0v) is 14.5. The third-order valence-electron chi connectivity index (χ3n) is 4.31. The molecule has 0 fully saturated rings. The van der Waals surface area contributed by atoms with Gasteiger partial charge in [-0.2, -0.15) is 0 Å². The van der Waals surface area contributed by atoms with Crippen LogP contribution in [-0.4, -0.2) is 10.9 Å². The Morgan fingerprint density at radius 3 is 2.63 bits per heavy atom. The van der Waals surface area contributed by atoms with Gasteiger partial charge in [0, 0.05) is 29.5 Å². The molecule has 0 saturated heterocycles. The first-order valence-electron chi connectivity index (χ1n) is 8.67. The molecule has 134 valence electrons. The molecular weight excluding hydrogens is 343 g/mol. The largest absolute Gasteiger partial charge is 0.441 e. The maximum atomic E-state index is 13.0. The molecule has 0 aliphatic heterocycles. The summed E-state index contributed by atoms with van der Waals surface area (Å²) in [5.41, 5.74) is 1.54. The number of halogens is 1. The van der Waals surface area contributed by atoms with Crippen molar-refractivity contribution < 1.29 is 13.6 Å². The molecule has 0 aliphatic rings. The Balaban J connectivity index is 1.40. The summed E-state index contributed by atoms with van der Waals surface area (Å²) in [6.45, 7) is 0. The van der Waals surface area contributed by atoms with Gasteiger partial charge in [0.2, 0.25) is 5.91 Å². The predicted octanol–water partition coefficient (Wildman–Crippen LogP) is 5.21. The molecule has 0 unspecified atom stereocenters. The third kappa shape index (κ3) is 3.87. The fourth-order valence-corrected chi connectivity index (χ4v) is 2.94. The van der Waals surface area contributed by atoms with E-state index in [1.54, 1.807) is 18.3 Å². The molecule has 1 N–H and O–H groups in total. The van der Waals surface area contributed by atoms with Gasteiger partial charge in [0.05, 0.1) is 6.20 Å². The van der Waals surface area contributed by atoms with Crippen LogP contribution in [0.2, 0.25) is 0 Å². The minimum Gasteiger partial charge on any atom is -0.441 e. The summed E-state index contributed by atoms with van der Waals surface area (Å²) in [6, 6.07) is 19.7. The first-order valence-corrected chi connectivity index (χ1v) is 8.67. The van der Waals surface area contributed by atoms with Gasteiger partial charge in [0.25, 0.3) is 0 Å². The number of nitrogens with zero attached hydrogens (tertiary/aromatic N) is 1. The lowest BCUT2D eigenvalue weighted by atomic mass is 10.1. The Morgan fingerprint density at radius 1 is 1.00 bits per heavy atom. The van der Waals surface area contributed by atoms with E-state index in [0.29, 0.717) is 18.1 Å². The Morgan fingerprint density at radius 2 is 1.78 bits per heavy atom. The number of hydrogen-bond donors (Lipinski definition) is 1. The number of oxazole rings is 1. The summed E-state index contributed by atoms with van der Waals surface area (Å²) >= 11 is 0. The number of fused-ring (bicyclic) bond motifs is 1. The maximum absolute atomic E-state index is 13.0. The number of rotatable bonds is 5. The molecule has 3 aromatic carbocycles. The number of benzene rings is 3. The molecular formula is C22H17FN2O2. The lowest BCUT2D eigenvalue weighted by Crippen LogP contribution is -2.12. The fourth-order valence-electron chi connectivity index (χ4n) is 2.94. The Bertz CT molecular complexity index is 1080. The van der Waals surface area contributed by atoms with Crippen LogP contribution in [0.5, 0.6) is 0 Å². The molecule has 1 heterocycles. The maximum Gasteiger partial charge on any atom is 0.224 e. The van der Waals surface area contributed by atoms with E-state index < -0.39 is 0 Å². The zero-order valence-electron chi connectivity index (χ0n) is 14.5. The topological polar surface area (TPSA) is 55.1 Å². The molecule has 4 nitrogen and oxygen atoms in total. The summed E-state index contributed by atoms with van der Waals surface area (Å²) in [5.74, 6) is 0.623. The molecule has 0 bridgehead atoms. The predicted molar refractivity (Wildman–Crippen MR) is 103 cm³/mol. The molecule has 4 aromatic rings.